The van der Waals surface area contributed by atoms with Gasteiger partial charge >= 0.3 is 0 Å². The molecule has 0 saturated heterocycles. The van der Waals surface area contributed by atoms with E-state index in [4.69, 9.17) is 4.52 Å². The summed E-state index contributed by atoms with van der Waals surface area (Å²) in [5.74, 6) is 1.32. The monoisotopic (exact) mass is 374 g/mol. The summed E-state index contributed by atoms with van der Waals surface area (Å²) in [7, 11) is 0. The van der Waals surface area contributed by atoms with Crippen molar-refractivity contribution in [2.75, 3.05) is 0 Å². The zero-order valence-electron chi connectivity index (χ0n) is 15.5. The number of aromatic nitrogens is 5. The highest BCUT2D eigenvalue weighted by atomic mass is 16.5. The van der Waals surface area contributed by atoms with Crippen LogP contribution in [0.4, 0.5) is 0 Å². The molecule has 1 N–H and O–H groups in total. The second kappa shape index (κ2) is 7.43. The van der Waals surface area contributed by atoms with Crippen molar-refractivity contribution in [2.45, 2.75) is 20.4 Å². The first-order valence-corrected chi connectivity index (χ1v) is 8.73. The Morgan fingerprint density at radius 3 is 2.86 bits per heavy atom. The average molecular weight is 374 g/mol. The minimum atomic E-state index is -0.246. The molecule has 0 aliphatic carbocycles. The van der Waals surface area contributed by atoms with Gasteiger partial charge in [-0.15, -0.1) is 0 Å². The van der Waals surface area contributed by atoms with E-state index in [2.05, 4.69) is 25.4 Å². The van der Waals surface area contributed by atoms with Crippen molar-refractivity contribution < 1.29 is 9.32 Å². The Bertz CT molecular complexity index is 1130. The molecule has 0 unspecified atom stereocenters. The van der Waals surface area contributed by atoms with Gasteiger partial charge in [0.05, 0.1) is 0 Å². The molecule has 1 amide bonds. The number of carbonyl (C=O) groups excluding carboxylic acids is 1. The van der Waals surface area contributed by atoms with Crippen LogP contribution in [0, 0.1) is 13.8 Å². The molecule has 8 heteroatoms. The summed E-state index contributed by atoms with van der Waals surface area (Å²) in [5, 5.41) is 6.67. The van der Waals surface area contributed by atoms with E-state index in [9.17, 15) is 4.79 Å². The van der Waals surface area contributed by atoms with E-state index < -0.39 is 0 Å². The average Bonchev–Trinajstić information content (AvgIpc) is 3.36. The lowest BCUT2D eigenvalue weighted by Gasteiger charge is -2.04. The lowest BCUT2D eigenvalue weighted by atomic mass is 10.1. The van der Waals surface area contributed by atoms with Gasteiger partial charge in [0.2, 0.25) is 0 Å². The van der Waals surface area contributed by atoms with Gasteiger partial charge < -0.3 is 9.84 Å². The normalized spacial score (nSPS) is 10.8. The SMILES string of the molecule is Cc1cccc(CNC(=O)c2cn(-c3cc(-c4nc(C)no4)ccn3)cn2)c1. The Morgan fingerprint density at radius 1 is 1.18 bits per heavy atom. The van der Waals surface area contributed by atoms with Crippen molar-refractivity contribution in [3.05, 3.63) is 77.8 Å². The van der Waals surface area contributed by atoms with Gasteiger partial charge in [0, 0.05) is 24.5 Å². The molecule has 0 bridgehead atoms. The number of hydrogen-bond acceptors (Lipinski definition) is 6. The number of rotatable bonds is 5. The highest BCUT2D eigenvalue weighted by molar-refractivity contribution is 5.92. The number of hydrogen-bond donors (Lipinski definition) is 1. The van der Waals surface area contributed by atoms with Crippen LogP contribution < -0.4 is 5.32 Å². The number of imidazole rings is 1. The first-order chi connectivity index (χ1) is 13.6. The molecule has 0 fully saturated rings. The van der Waals surface area contributed by atoms with Crippen molar-refractivity contribution >= 4 is 5.91 Å². The van der Waals surface area contributed by atoms with Gasteiger partial charge in [0.1, 0.15) is 17.8 Å². The number of amides is 1. The smallest absolute Gasteiger partial charge is 0.271 e. The fourth-order valence-corrected chi connectivity index (χ4v) is 2.77. The van der Waals surface area contributed by atoms with Crippen LogP contribution in [-0.2, 0) is 6.54 Å². The third kappa shape index (κ3) is 3.80. The van der Waals surface area contributed by atoms with Crippen LogP contribution in [0.3, 0.4) is 0 Å². The summed E-state index contributed by atoms with van der Waals surface area (Å²) in [4.78, 5) is 25.1. The Hall–Kier alpha value is -3.81. The van der Waals surface area contributed by atoms with Gasteiger partial charge in [-0.1, -0.05) is 35.0 Å². The second-order valence-corrected chi connectivity index (χ2v) is 6.39. The molecule has 0 saturated carbocycles. The Labute approximate surface area is 161 Å². The lowest BCUT2D eigenvalue weighted by molar-refractivity contribution is 0.0946. The van der Waals surface area contributed by atoms with Crippen LogP contribution in [-0.4, -0.2) is 30.6 Å². The molecule has 28 heavy (non-hydrogen) atoms. The predicted octanol–water partition coefficient (Wildman–Crippen LogP) is 2.86. The molecule has 3 heterocycles. The van der Waals surface area contributed by atoms with E-state index in [1.165, 1.54) is 0 Å². The van der Waals surface area contributed by atoms with Crippen molar-refractivity contribution in [3.8, 4) is 17.3 Å². The van der Waals surface area contributed by atoms with E-state index >= 15 is 0 Å². The maximum atomic E-state index is 12.4. The first-order valence-electron chi connectivity index (χ1n) is 8.73. The molecule has 4 aromatic rings. The Balaban J connectivity index is 1.49. The van der Waals surface area contributed by atoms with Crippen LogP contribution >= 0.6 is 0 Å². The summed E-state index contributed by atoms with van der Waals surface area (Å²) in [5.41, 5.74) is 3.24. The molecule has 140 valence electrons. The number of nitrogens with one attached hydrogen (secondary N) is 1. The molecule has 8 nitrogen and oxygen atoms in total. The molecule has 1 aromatic carbocycles. The molecule has 0 atom stereocenters. The summed E-state index contributed by atoms with van der Waals surface area (Å²) < 4.78 is 6.86. The first kappa shape index (κ1) is 17.6. The van der Waals surface area contributed by atoms with Crippen molar-refractivity contribution in [3.63, 3.8) is 0 Å². The fraction of sp³-hybridized carbons (Fsp3) is 0.150. The fourth-order valence-electron chi connectivity index (χ4n) is 2.77. The topological polar surface area (TPSA) is 98.7 Å². The zero-order valence-corrected chi connectivity index (χ0v) is 15.5. The summed E-state index contributed by atoms with van der Waals surface area (Å²) >= 11 is 0. The van der Waals surface area contributed by atoms with Crippen molar-refractivity contribution in [1.82, 2.24) is 30.0 Å². The Kier molecular flexibility index (Phi) is 4.67. The second-order valence-electron chi connectivity index (χ2n) is 6.39. The summed E-state index contributed by atoms with van der Waals surface area (Å²) in [6.07, 6.45) is 4.82. The summed E-state index contributed by atoms with van der Waals surface area (Å²) in [6.45, 7) is 4.22. The lowest BCUT2D eigenvalue weighted by Crippen LogP contribution is -2.23. The van der Waals surface area contributed by atoms with Gasteiger partial charge in [-0.3, -0.25) is 9.36 Å². The van der Waals surface area contributed by atoms with E-state index in [1.54, 1.807) is 42.3 Å². The molecule has 0 aliphatic rings. The maximum Gasteiger partial charge on any atom is 0.271 e. The zero-order chi connectivity index (χ0) is 19.5. The van der Waals surface area contributed by atoms with Crippen LogP contribution in [0.25, 0.3) is 17.3 Å². The molecule has 0 spiro atoms. The third-order valence-corrected chi connectivity index (χ3v) is 4.14. The molecule has 3 aromatic heterocycles. The predicted molar refractivity (Wildman–Crippen MR) is 102 cm³/mol. The van der Waals surface area contributed by atoms with E-state index in [-0.39, 0.29) is 5.91 Å². The Morgan fingerprint density at radius 2 is 2.07 bits per heavy atom. The van der Waals surface area contributed by atoms with E-state index in [0.29, 0.717) is 29.8 Å². The minimum Gasteiger partial charge on any atom is -0.347 e. The maximum absolute atomic E-state index is 12.4. The van der Waals surface area contributed by atoms with Crippen LogP contribution in [0.2, 0.25) is 0 Å². The number of pyridine rings is 1. The van der Waals surface area contributed by atoms with Crippen LogP contribution in [0.5, 0.6) is 0 Å². The quantitative estimate of drug-likeness (QED) is 0.577. The molecular weight excluding hydrogens is 356 g/mol. The number of aryl methyl sites for hydroxylation is 2. The van der Waals surface area contributed by atoms with Crippen LogP contribution in [0.15, 0.2) is 59.6 Å². The van der Waals surface area contributed by atoms with E-state index in [1.807, 2.05) is 31.2 Å². The largest absolute Gasteiger partial charge is 0.347 e. The number of benzene rings is 1. The van der Waals surface area contributed by atoms with Gasteiger partial charge in [0.25, 0.3) is 11.8 Å². The number of nitrogens with zero attached hydrogens (tertiary/aromatic N) is 5. The van der Waals surface area contributed by atoms with Gasteiger partial charge in [-0.25, -0.2) is 9.97 Å². The van der Waals surface area contributed by atoms with Crippen LogP contribution in [0.1, 0.15) is 27.4 Å². The van der Waals surface area contributed by atoms with Gasteiger partial charge in [-0.05, 0) is 31.5 Å². The van der Waals surface area contributed by atoms with Gasteiger partial charge in [0.15, 0.2) is 5.82 Å². The van der Waals surface area contributed by atoms with Gasteiger partial charge in [-0.2, -0.15) is 4.98 Å². The molecule has 0 aliphatic heterocycles. The molecule has 4 rings (SSSR count). The highest BCUT2D eigenvalue weighted by Crippen LogP contribution is 2.19. The highest BCUT2D eigenvalue weighted by Gasteiger charge is 2.12. The standard InChI is InChI=1S/C20H18N6O2/c1-13-4-3-5-15(8-13)10-22-19(27)17-11-26(12-23-17)18-9-16(6-7-21-18)20-24-14(2)25-28-20/h3-9,11-12H,10H2,1-2H3,(H,22,27). The summed E-state index contributed by atoms with van der Waals surface area (Å²) in [6, 6.07) is 11.6. The third-order valence-electron chi connectivity index (χ3n) is 4.14. The van der Waals surface area contributed by atoms with Crippen molar-refractivity contribution in [1.29, 1.82) is 0 Å². The minimum absolute atomic E-state index is 0.246. The van der Waals surface area contributed by atoms with Crippen molar-refractivity contribution in [2.24, 2.45) is 0 Å². The molecular formula is C20H18N6O2. The molecule has 0 radical (unpaired) electrons. The number of carbonyl (C=O) groups is 1. The van der Waals surface area contributed by atoms with E-state index in [0.717, 1.165) is 16.7 Å².